The molecule has 2 aromatic heterocycles. The zero-order chi connectivity index (χ0) is 20.4. The van der Waals surface area contributed by atoms with Crippen molar-refractivity contribution in [2.24, 2.45) is 5.73 Å². The number of pyridine rings is 1. The average Bonchev–Trinajstić information content (AvgIpc) is 3.13. The van der Waals surface area contributed by atoms with Crippen LogP contribution in [0.1, 0.15) is 24.1 Å². The van der Waals surface area contributed by atoms with Crippen LogP contribution in [0.2, 0.25) is 5.15 Å². The molecule has 6 heteroatoms. The maximum absolute atomic E-state index is 6.37. The Hall–Kier alpha value is -2.89. The number of nitrogens with zero attached hydrogens (tertiary/aromatic N) is 2. The number of aryl methyl sites for hydroxylation is 1. The minimum Gasteiger partial charge on any atom is -0.490 e. The largest absolute Gasteiger partial charge is 0.490 e. The third kappa shape index (κ3) is 4.11. The molecule has 0 radical (unpaired) electrons. The van der Waals surface area contributed by atoms with Gasteiger partial charge in [-0.05, 0) is 42.2 Å². The second-order valence-electron chi connectivity index (χ2n) is 7.25. The molecule has 4 rings (SSSR count). The topological polar surface area (TPSA) is 76.8 Å². The molecule has 0 aliphatic heterocycles. The molecule has 3 N–H and O–H groups in total. The van der Waals surface area contributed by atoms with E-state index < -0.39 is 0 Å². The maximum atomic E-state index is 6.37. The van der Waals surface area contributed by atoms with Crippen molar-refractivity contribution in [3.8, 4) is 16.9 Å². The molecular weight excluding hydrogens is 384 g/mol. The standard InChI is InChI=1S/C23H23ClN4O/c1-14(16-6-4-3-5-7-16)21(25)13-29-18-11-20(23(24)26-12-18)17-8-9-22-19(10-17)15(2)27-28-22/h3-12,14,21H,13,25H2,1-2H3,(H,27,28)/t14?,21-/m1/s1. The number of ether oxygens (including phenoxy) is 1. The summed E-state index contributed by atoms with van der Waals surface area (Å²) >= 11 is 6.37. The molecule has 0 aliphatic rings. The van der Waals surface area contributed by atoms with Crippen molar-refractivity contribution in [2.45, 2.75) is 25.8 Å². The van der Waals surface area contributed by atoms with Crippen molar-refractivity contribution >= 4 is 22.5 Å². The summed E-state index contributed by atoms with van der Waals surface area (Å²) in [5.74, 6) is 0.825. The number of benzene rings is 2. The van der Waals surface area contributed by atoms with Crippen LogP contribution in [0.4, 0.5) is 0 Å². The molecule has 148 valence electrons. The highest BCUT2D eigenvalue weighted by Gasteiger charge is 2.16. The highest BCUT2D eigenvalue weighted by atomic mass is 35.5. The van der Waals surface area contributed by atoms with Crippen molar-refractivity contribution < 1.29 is 4.74 Å². The number of nitrogens with one attached hydrogen (secondary N) is 1. The first-order valence-electron chi connectivity index (χ1n) is 9.57. The summed E-state index contributed by atoms with van der Waals surface area (Å²) < 4.78 is 5.96. The molecule has 0 bridgehead atoms. The van der Waals surface area contributed by atoms with E-state index in [1.807, 2.05) is 43.3 Å². The van der Waals surface area contributed by atoms with E-state index in [0.717, 1.165) is 27.7 Å². The van der Waals surface area contributed by atoms with Gasteiger partial charge < -0.3 is 10.5 Å². The summed E-state index contributed by atoms with van der Waals surface area (Å²) in [4.78, 5) is 4.30. The first-order chi connectivity index (χ1) is 14.0. The van der Waals surface area contributed by atoms with Gasteiger partial charge in [-0.25, -0.2) is 4.98 Å². The molecule has 1 unspecified atom stereocenters. The Labute approximate surface area is 174 Å². The van der Waals surface area contributed by atoms with E-state index in [1.165, 1.54) is 5.56 Å². The predicted molar refractivity (Wildman–Crippen MR) is 117 cm³/mol. The van der Waals surface area contributed by atoms with E-state index >= 15 is 0 Å². The van der Waals surface area contributed by atoms with Crippen LogP contribution >= 0.6 is 11.6 Å². The van der Waals surface area contributed by atoms with Gasteiger partial charge in [0.15, 0.2) is 0 Å². The summed E-state index contributed by atoms with van der Waals surface area (Å²) in [7, 11) is 0. The lowest BCUT2D eigenvalue weighted by Gasteiger charge is -2.21. The molecule has 0 amide bonds. The van der Waals surface area contributed by atoms with E-state index in [-0.39, 0.29) is 12.0 Å². The molecule has 2 heterocycles. The average molecular weight is 407 g/mol. The Bertz CT molecular complexity index is 1130. The molecule has 0 saturated heterocycles. The van der Waals surface area contributed by atoms with Gasteiger partial charge in [-0.1, -0.05) is 54.9 Å². The third-order valence-electron chi connectivity index (χ3n) is 5.29. The fourth-order valence-electron chi connectivity index (χ4n) is 3.36. The number of aromatic nitrogens is 3. The molecule has 2 atom stereocenters. The number of hydrogen-bond donors (Lipinski definition) is 2. The lowest BCUT2D eigenvalue weighted by atomic mass is 9.94. The molecule has 2 aromatic carbocycles. The van der Waals surface area contributed by atoms with Gasteiger partial charge in [0.25, 0.3) is 0 Å². The van der Waals surface area contributed by atoms with E-state index in [1.54, 1.807) is 6.20 Å². The molecule has 0 spiro atoms. The predicted octanol–water partition coefficient (Wildman–Crippen LogP) is 5.10. The van der Waals surface area contributed by atoms with Crippen molar-refractivity contribution in [2.75, 3.05) is 6.61 Å². The molecule has 0 aliphatic carbocycles. The molecule has 5 nitrogen and oxygen atoms in total. The number of nitrogens with two attached hydrogens (primary N) is 1. The van der Waals surface area contributed by atoms with Gasteiger partial charge in [-0.15, -0.1) is 0 Å². The monoisotopic (exact) mass is 406 g/mol. The van der Waals surface area contributed by atoms with Crippen molar-refractivity contribution in [1.82, 2.24) is 15.2 Å². The Morgan fingerprint density at radius 2 is 1.93 bits per heavy atom. The zero-order valence-electron chi connectivity index (χ0n) is 16.4. The Morgan fingerprint density at radius 3 is 2.72 bits per heavy atom. The minimum absolute atomic E-state index is 0.138. The molecule has 0 fully saturated rings. The van der Waals surface area contributed by atoms with Gasteiger partial charge in [0.05, 0.1) is 17.4 Å². The smallest absolute Gasteiger partial charge is 0.138 e. The summed E-state index contributed by atoms with van der Waals surface area (Å²) in [5, 5.41) is 8.75. The molecule has 29 heavy (non-hydrogen) atoms. The van der Waals surface area contributed by atoms with Crippen LogP contribution in [0.3, 0.4) is 0 Å². The summed E-state index contributed by atoms with van der Waals surface area (Å²) in [6.45, 7) is 4.47. The normalized spacial score (nSPS) is 13.4. The first kappa shape index (κ1) is 19.4. The number of fused-ring (bicyclic) bond motifs is 1. The quantitative estimate of drug-likeness (QED) is 0.437. The van der Waals surface area contributed by atoms with Gasteiger partial charge in [-0.3, -0.25) is 5.10 Å². The molecular formula is C23H23ClN4O. The van der Waals surface area contributed by atoms with Crippen LogP contribution in [-0.4, -0.2) is 27.8 Å². The van der Waals surface area contributed by atoms with Crippen LogP contribution in [0.5, 0.6) is 5.75 Å². The Morgan fingerprint density at radius 1 is 1.14 bits per heavy atom. The fraction of sp³-hybridized carbons (Fsp3) is 0.217. The first-order valence-corrected chi connectivity index (χ1v) is 9.94. The number of H-pyrrole nitrogens is 1. The second kappa shape index (κ2) is 8.23. The van der Waals surface area contributed by atoms with Crippen LogP contribution in [-0.2, 0) is 0 Å². The maximum Gasteiger partial charge on any atom is 0.138 e. The Kier molecular flexibility index (Phi) is 5.51. The highest BCUT2D eigenvalue weighted by Crippen LogP contribution is 2.32. The SMILES string of the molecule is Cc1n[nH]c2ccc(-c3cc(OC[C@@H](N)C(C)c4ccccc4)cnc3Cl)cc12. The van der Waals surface area contributed by atoms with Crippen LogP contribution < -0.4 is 10.5 Å². The van der Waals surface area contributed by atoms with Gasteiger partial charge in [-0.2, -0.15) is 5.10 Å². The van der Waals surface area contributed by atoms with Gasteiger partial charge in [0, 0.05) is 17.0 Å². The van der Waals surface area contributed by atoms with Crippen LogP contribution in [0.25, 0.3) is 22.0 Å². The lowest BCUT2D eigenvalue weighted by molar-refractivity contribution is 0.273. The lowest BCUT2D eigenvalue weighted by Crippen LogP contribution is -2.33. The van der Waals surface area contributed by atoms with Gasteiger partial charge >= 0.3 is 0 Å². The van der Waals surface area contributed by atoms with E-state index in [2.05, 4.69) is 40.3 Å². The summed E-state index contributed by atoms with van der Waals surface area (Å²) in [5.41, 5.74) is 11.3. The van der Waals surface area contributed by atoms with Gasteiger partial charge in [0.2, 0.25) is 0 Å². The number of rotatable bonds is 6. The number of halogens is 1. The number of hydrogen-bond acceptors (Lipinski definition) is 4. The van der Waals surface area contributed by atoms with Crippen molar-refractivity contribution in [3.63, 3.8) is 0 Å². The molecule has 4 aromatic rings. The van der Waals surface area contributed by atoms with Crippen molar-refractivity contribution in [3.05, 3.63) is 77.2 Å². The van der Waals surface area contributed by atoms with E-state index in [0.29, 0.717) is 17.5 Å². The van der Waals surface area contributed by atoms with E-state index in [4.69, 9.17) is 22.1 Å². The highest BCUT2D eigenvalue weighted by molar-refractivity contribution is 6.32. The molecule has 0 saturated carbocycles. The van der Waals surface area contributed by atoms with Gasteiger partial charge in [0.1, 0.15) is 17.5 Å². The Balaban J connectivity index is 1.53. The number of aromatic amines is 1. The zero-order valence-corrected chi connectivity index (χ0v) is 17.1. The second-order valence-corrected chi connectivity index (χ2v) is 7.61. The summed E-state index contributed by atoms with van der Waals surface area (Å²) in [6, 6.07) is 18.0. The summed E-state index contributed by atoms with van der Waals surface area (Å²) in [6.07, 6.45) is 1.63. The van der Waals surface area contributed by atoms with Crippen molar-refractivity contribution in [1.29, 1.82) is 0 Å². The van der Waals surface area contributed by atoms with Crippen LogP contribution in [0.15, 0.2) is 60.8 Å². The van der Waals surface area contributed by atoms with Crippen LogP contribution in [0, 0.1) is 6.92 Å². The van der Waals surface area contributed by atoms with E-state index in [9.17, 15) is 0 Å². The fourth-order valence-corrected chi connectivity index (χ4v) is 3.58. The minimum atomic E-state index is -0.138. The third-order valence-corrected chi connectivity index (χ3v) is 5.59.